The van der Waals surface area contributed by atoms with Gasteiger partial charge < -0.3 is 5.32 Å². The summed E-state index contributed by atoms with van der Waals surface area (Å²) in [5.74, 6) is 0. The first-order valence-corrected chi connectivity index (χ1v) is 8.25. The van der Waals surface area contributed by atoms with E-state index in [1.807, 2.05) is 11.7 Å². The van der Waals surface area contributed by atoms with Crippen LogP contribution >= 0.6 is 11.8 Å². The van der Waals surface area contributed by atoms with Crippen LogP contribution in [0.2, 0.25) is 0 Å². The fraction of sp³-hybridized carbons (Fsp3) is 0.438. The van der Waals surface area contributed by atoms with Gasteiger partial charge in [-0.05, 0) is 37.3 Å². The first kappa shape index (κ1) is 15.1. The van der Waals surface area contributed by atoms with E-state index in [1.165, 1.54) is 21.7 Å². The van der Waals surface area contributed by atoms with Crippen LogP contribution in [-0.2, 0) is 20.0 Å². The third kappa shape index (κ3) is 3.64. The van der Waals surface area contributed by atoms with E-state index in [0.29, 0.717) is 6.04 Å². The second-order valence-corrected chi connectivity index (χ2v) is 5.88. The molecule has 0 aliphatic carbocycles. The van der Waals surface area contributed by atoms with E-state index in [9.17, 15) is 0 Å². The molecule has 0 spiro atoms. The highest BCUT2D eigenvalue weighted by molar-refractivity contribution is 7.98. The molecule has 1 aromatic heterocycles. The van der Waals surface area contributed by atoms with Gasteiger partial charge in [-0.25, -0.2) is 0 Å². The molecule has 3 nitrogen and oxygen atoms in total. The van der Waals surface area contributed by atoms with Crippen molar-refractivity contribution >= 4 is 11.8 Å². The van der Waals surface area contributed by atoms with E-state index in [0.717, 1.165) is 13.0 Å². The highest BCUT2D eigenvalue weighted by Crippen LogP contribution is 2.19. The van der Waals surface area contributed by atoms with E-state index in [2.05, 4.69) is 61.0 Å². The minimum absolute atomic E-state index is 0.343. The highest BCUT2D eigenvalue weighted by Gasteiger charge is 2.09. The van der Waals surface area contributed by atoms with Crippen molar-refractivity contribution in [2.24, 2.45) is 7.05 Å². The summed E-state index contributed by atoms with van der Waals surface area (Å²) in [6.45, 7) is 5.22. The molecule has 1 heterocycles. The molecule has 0 saturated heterocycles. The molecule has 1 aromatic carbocycles. The molecule has 1 atom stereocenters. The second kappa shape index (κ2) is 6.95. The molecule has 2 rings (SSSR count). The quantitative estimate of drug-likeness (QED) is 0.825. The number of nitrogens with zero attached hydrogens (tertiary/aromatic N) is 2. The van der Waals surface area contributed by atoms with Gasteiger partial charge in [0.15, 0.2) is 0 Å². The summed E-state index contributed by atoms with van der Waals surface area (Å²) in [5.41, 5.74) is 3.80. The maximum Gasteiger partial charge on any atom is 0.0666 e. The molecular weight excluding hydrogens is 266 g/mol. The number of benzene rings is 1. The van der Waals surface area contributed by atoms with Gasteiger partial charge >= 0.3 is 0 Å². The normalized spacial score (nSPS) is 12.6. The van der Waals surface area contributed by atoms with Gasteiger partial charge in [0.05, 0.1) is 5.69 Å². The van der Waals surface area contributed by atoms with Crippen molar-refractivity contribution in [3.63, 3.8) is 0 Å². The van der Waals surface area contributed by atoms with Crippen LogP contribution in [0.4, 0.5) is 0 Å². The van der Waals surface area contributed by atoms with E-state index in [1.54, 1.807) is 11.8 Å². The maximum absolute atomic E-state index is 4.48. The van der Waals surface area contributed by atoms with Gasteiger partial charge in [-0.2, -0.15) is 5.10 Å². The fourth-order valence-electron chi connectivity index (χ4n) is 2.30. The van der Waals surface area contributed by atoms with Crippen LogP contribution in [0.1, 0.15) is 36.7 Å². The molecule has 108 valence electrons. The Labute approximate surface area is 125 Å². The van der Waals surface area contributed by atoms with Crippen molar-refractivity contribution in [3.05, 3.63) is 47.3 Å². The minimum Gasteiger partial charge on any atom is -0.306 e. The van der Waals surface area contributed by atoms with E-state index in [-0.39, 0.29) is 0 Å². The molecule has 1 N–H and O–H groups in total. The number of thioether (sulfide) groups is 1. The molecule has 0 aliphatic heterocycles. The number of nitrogens with one attached hydrogen (secondary N) is 1. The highest BCUT2D eigenvalue weighted by atomic mass is 32.2. The van der Waals surface area contributed by atoms with Gasteiger partial charge in [0, 0.05) is 36.3 Å². The minimum atomic E-state index is 0.343. The molecule has 20 heavy (non-hydrogen) atoms. The Bertz CT molecular complexity index is 545. The Balaban J connectivity index is 1.98. The van der Waals surface area contributed by atoms with Crippen molar-refractivity contribution < 1.29 is 0 Å². The predicted octanol–water partition coefficient (Wildman–Crippen LogP) is 3.56. The van der Waals surface area contributed by atoms with Crippen LogP contribution in [0.3, 0.4) is 0 Å². The van der Waals surface area contributed by atoms with Crippen LogP contribution < -0.4 is 5.32 Å². The zero-order valence-corrected chi connectivity index (χ0v) is 13.5. The lowest BCUT2D eigenvalue weighted by molar-refractivity contribution is 0.572. The number of hydrogen-bond acceptors (Lipinski definition) is 3. The molecule has 0 aliphatic rings. The van der Waals surface area contributed by atoms with Crippen LogP contribution in [0.25, 0.3) is 0 Å². The number of hydrogen-bond donors (Lipinski definition) is 1. The summed E-state index contributed by atoms with van der Waals surface area (Å²) in [7, 11) is 1.98. The molecule has 0 fully saturated rings. The van der Waals surface area contributed by atoms with Gasteiger partial charge in [0.2, 0.25) is 0 Å². The van der Waals surface area contributed by atoms with Crippen LogP contribution in [0.15, 0.2) is 35.4 Å². The molecule has 1 unspecified atom stereocenters. The van der Waals surface area contributed by atoms with Crippen molar-refractivity contribution in [2.75, 3.05) is 6.26 Å². The van der Waals surface area contributed by atoms with Crippen molar-refractivity contribution in [3.8, 4) is 0 Å². The average molecular weight is 289 g/mol. The fourth-order valence-corrected chi connectivity index (χ4v) is 2.71. The van der Waals surface area contributed by atoms with Gasteiger partial charge in [0.25, 0.3) is 0 Å². The summed E-state index contributed by atoms with van der Waals surface area (Å²) in [6.07, 6.45) is 5.19. The summed E-state index contributed by atoms with van der Waals surface area (Å²) >= 11 is 1.78. The van der Waals surface area contributed by atoms with Gasteiger partial charge in [-0.3, -0.25) is 4.68 Å². The summed E-state index contributed by atoms with van der Waals surface area (Å²) < 4.78 is 1.90. The smallest absolute Gasteiger partial charge is 0.0666 e. The molecule has 2 aromatic rings. The van der Waals surface area contributed by atoms with E-state index < -0.39 is 0 Å². The van der Waals surface area contributed by atoms with Gasteiger partial charge in [-0.15, -0.1) is 11.8 Å². The van der Waals surface area contributed by atoms with Crippen molar-refractivity contribution in [1.29, 1.82) is 0 Å². The van der Waals surface area contributed by atoms with E-state index >= 15 is 0 Å². The number of aromatic nitrogens is 2. The van der Waals surface area contributed by atoms with Crippen molar-refractivity contribution in [1.82, 2.24) is 15.1 Å². The number of rotatable bonds is 6. The summed E-state index contributed by atoms with van der Waals surface area (Å²) in [6, 6.07) is 9.11. The van der Waals surface area contributed by atoms with Crippen LogP contribution in [0.5, 0.6) is 0 Å². The summed E-state index contributed by atoms with van der Waals surface area (Å²) in [5, 5.41) is 8.06. The largest absolute Gasteiger partial charge is 0.306 e. The van der Waals surface area contributed by atoms with Crippen LogP contribution in [-0.4, -0.2) is 16.0 Å². The first-order valence-electron chi connectivity index (χ1n) is 7.02. The molecule has 0 amide bonds. The monoisotopic (exact) mass is 289 g/mol. The second-order valence-electron chi connectivity index (χ2n) is 5.00. The lowest BCUT2D eigenvalue weighted by Gasteiger charge is -2.14. The molecule has 0 saturated carbocycles. The predicted molar refractivity (Wildman–Crippen MR) is 86.1 cm³/mol. The Morgan fingerprint density at radius 2 is 2.00 bits per heavy atom. The topological polar surface area (TPSA) is 29.9 Å². The molecular formula is C16H23N3S. The maximum atomic E-state index is 4.48. The van der Waals surface area contributed by atoms with Crippen molar-refractivity contribution in [2.45, 2.75) is 37.8 Å². The zero-order valence-electron chi connectivity index (χ0n) is 12.7. The Morgan fingerprint density at radius 3 is 2.60 bits per heavy atom. The lowest BCUT2D eigenvalue weighted by Crippen LogP contribution is -2.18. The lowest BCUT2D eigenvalue weighted by atomic mass is 10.1. The molecule has 4 heteroatoms. The summed E-state index contributed by atoms with van der Waals surface area (Å²) in [4.78, 5) is 1.31. The Morgan fingerprint density at radius 1 is 1.30 bits per heavy atom. The third-order valence-corrected chi connectivity index (χ3v) is 4.28. The van der Waals surface area contributed by atoms with Crippen LogP contribution in [0, 0.1) is 0 Å². The number of aryl methyl sites for hydroxylation is 2. The Kier molecular flexibility index (Phi) is 5.26. The SMILES string of the molecule is CCc1nn(C)cc1CNC(C)c1ccc(SC)cc1. The molecule has 0 bridgehead atoms. The Hall–Kier alpha value is -1.26. The van der Waals surface area contributed by atoms with E-state index in [4.69, 9.17) is 0 Å². The zero-order chi connectivity index (χ0) is 14.5. The average Bonchev–Trinajstić information content (AvgIpc) is 2.85. The van der Waals surface area contributed by atoms with Gasteiger partial charge in [0.1, 0.15) is 0 Å². The molecule has 0 radical (unpaired) electrons. The standard InChI is InChI=1S/C16H23N3S/c1-5-16-14(11-19(3)18-16)10-17-12(2)13-6-8-15(20-4)9-7-13/h6-9,11-12,17H,5,10H2,1-4H3. The van der Waals surface area contributed by atoms with Gasteiger partial charge in [-0.1, -0.05) is 19.1 Å². The first-order chi connectivity index (χ1) is 9.63. The third-order valence-electron chi connectivity index (χ3n) is 3.54.